The topological polar surface area (TPSA) is 49.2 Å². The number of rotatable bonds is 4. The monoisotopic (exact) mass is 229 g/mol. The van der Waals surface area contributed by atoms with Gasteiger partial charge in [-0.25, -0.2) is 9.97 Å². The van der Waals surface area contributed by atoms with Gasteiger partial charge in [0.15, 0.2) is 0 Å². The molecule has 5 heteroatoms. The van der Waals surface area contributed by atoms with Crippen molar-refractivity contribution in [1.82, 2.24) is 9.97 Å². The number of aliphatic hydroxyl groups excluding tert-OH is 1. The third-order valence-electron chi connectivity index (χ3n) is 2.07. The van der Waals surface area contributed by atoms with Crippen molar-refractivity contribution in [3.63, 3.8) is 0 Å². The smallest absolute Gasteiger partial charge is 0.224 e. The Morgan fingerprint density at radius 2 is 2.13 bits per heavy atom. The molecule has 0 unspecified atom stereocenters. The molecular weight excluding hydrogens is 214 g/mol. The summed E-state index contributed by atoms with van der Waals surface area (Å²) in [7, 11) is 0. The molecule has 0 aliphatic carbocycles. The molecule has 0 aliphatic rings. The molecule has 1 aromatic rings. The van der Waals surface area contributed by atoms with Gasteiger partial charge in [0.2, 0.25) is 5.28 Å². The van der Waals surface area contributed by atoms with Crippen molar-refractivity contribution in [1.29, 1.82) is 0 Å². The Kier molecular flexibility index (Phi) is 4.29. The van der Waals surface area contributed by atoms with Crippen molar-refractivity contribution < 1.29 is 5.11 Å². The first-order valence-corrected chi connectivity index (χ1v) is 5.31. The molecule has 0 aromatic carbocycles. The standard InChI is InChI=1S/C10H16ClN3O/c1-7(2)14(4-5-15)9-6-8(3)12-10(11)13-9/h6-7,15H,4-5H2,1-3H3. The summed E-state index contributed by atoms with van der Waals surface area (Å²) in [5, 5.41) is 9.21. The fraction of sp³-hybridized carbons (Fsp3) is 0.600. The molecule has 0 bridgehead atoms. The van der Waals surface area contributed by atoms with Crippen molar-refractivity contribution in [2.45, 2.75) is 26.8 Å². The summed E-state index contributed by atoms with van der Waals surface area (Å²) in [5.74, 6) is 0.761. The molecule has 0 radical (unpaired) electrons. The number of aromatic nitrogens is 2. The third-order valence-corrected chi connectivity index (χ3v) is 2.24. The van der Waals surface area contributed by atoms with Gasteiger partial charge < -0.3 is 10.0 Å². The Morgan fingerprint density at radius 3 is 2.60 bits per heavy atom. The number of hydrogen-bond donors (Lipinski definition) is 1. The lowest BCUT2D eigenvalue weighted by molar-refractivity contribution is 0.298. The summed E-state index contributed by atoms with van der Waals surface area (Å²) < 4.78 is 0. The van der Waals surface area contributed by atoms with E-state index in [2.05, 4.69) is 9.97 Å². The van der Waals surface area contributed by atoms with Gasteiger partial charge in [-0.2, -0.15) is 0 Å². The van der Waals surface area contributed by atoms with Gasteiger partial charge >= 0.3 is 0 Å². The normalized spacial score (nSPS) is 10.8. The summed E-state index contributed by atoms with van der Waals surface area (Å²) in [4.78, 5) is 10.1. The third kappa shape index (κ3) is 3.32. The molecular formula is C10H16ClN3O. The highest BCUT2D eigenvalue weighted by Crippen LogP contribution is 2.16. The van der Waals surface area contributed by atoms with Crippen LogP contribution in [0.5, 0.6) is 0 Å². The lowest BCUT2D eigenvalue weighted by atomic mass is 10.3. The first kappa shape index (κ1) is 12.2. The van der Waals surface area contributed by atoms with Crippen molar-refractivity contribution in [2.24, 2.45) is 0 Å². The van der Waals surface area contributed by atoms with Crippen LogP contribution >= 0.6 is 11.6 Å². The Morgan fingerprint density at radius 1 is 1.47 bits per heavy atom. The molecule has 15 heavy (non-hydrogen) atoms. The van der Waals surface area contributed by atoms with Crippen LogP contribution in [-0.2, 0) is 0 Å². The molecule has 0 saturated heterocycles. The molecule has 1 aromatic heterocycles. The Bertz CT molecular complexity index is 310. The van der Waals surface area contributed by atoms with E-state index in [0.29, 0.717) is 6.54 Å². The van der Waals surface area contributed by atoms with Crippen molar-refractivity contribution in [2.75, 3.05) is 18.1 Å². The molecule has 0 amide bonds. The number of halogens is 1. The van der Waals surface area contributed by atoms with Crippen LogP contribution in [0.25, 0.3) is 0 Å². The SMILES string of the molecule is Cc1cc(N(CCO)C(C)C)nc(Cl)n1. The Balaban J connectivity index is 2.99. The van der Waals surface area contributed by atoms with Gasteiger partial charge in [0, 0.05) is 24.3 Å². The Hall–Kier alpha value is -0.870. The number of nitrogens with zero attached hydrogens (tertiary/aromatic N) is 3. The minimum Gasteiger partial charge on any atom is -0.395 e. The van der Waals surface area contributed by atoms with E-state index in [1.54, 1.807) is 0 Å². The first-order chi connectivity index (χ1) is 7.04. The summed E-state index contributed by atoms with van der Waals surface area (Å²) >= 11 is 5.79. The van der Waals surface area contributed by atoms with E-state index < -0.39 is 0 Å². The van der Waals surface area contributed by atoms with Gasteiger partial charge in [-0.1, -0.05) is 0 Å². The zero-order valence-electron chi connectivity index (χ0n) is 9.24. The van der Waals surface area contributed by atoms with Gasteiger partial charge in [0.1, 0.15) is 5.82 Å². The second kappa shape index (κ2) is 5.28. The van der Waals surface area contributed by atoms with E-state index in [1.807, 2.05) is 31.7 Å². The molecule has 1 heterocycles. The molecule has 1 N–H and O–H groups in total. The van der Waals surface area contributed by atoms with Gasteiger partial charge in [0.05, 0.1) is 6.61 Å². The quantitative estimate of drug-likeness (QED) is 0.798. The highest BCUT2D eigenvalue weighted by atomic mass is 35.5. The lowest BCUT2D eigenvalue weighted by Gasteiger charge is -2.27. The molecule has 0 spiro atoms. The van der Waals surface area contributed by atoms with E-state index in [4.69, 9.17) is 16.7 Å². The Labute approximate surface area is 94.9 Å². The van der Waals surface area contributed by atoms with E-state index >= 15 is 0 Å². The number of aliphatic hydroxyl groups is 1. The molecule has 0 fully saturated rings. The van der Waals surface area contributed by atoms with E-state index in [1.165, 1.54) is 0 Å². The number of aryl methyl sites for hydroxylation is 1. The average Bonchev–Trinajstić information content (AvgIpc) is 2.11. The predicted molar refractivity (Wildman–Crippen MR) is 61.3 cm³/mol. The molecule has 1 rings (SSSR count). The fourth-order valence-corrected chi connectivity index (χ4v) is 1.63. The summed E-state index contributed by atoms with van der Waals surface area (Å²) in [6.45, 7) is 6.60. The summed E-state index contributed by atoms with van der Waals surface area (Å²) in [5.41, 5.74) is 0.827. The number of anilines is 1. The predicted octanol–water partition coefficient (Wildman–Crippen LogP) is 1.65. The van der Waals surface area contributed by atoms with Crippen LogP contribution in [0.3, 0.4) is 0 Å². The zero-order chi connectivity index (χ0) is 11.4. The molecule has 4 nitrogen and oxygen atoms in total. The van der Waals surface area contributed by atoms with Crippen LogP contribution in [0, 0.1) is 6.92 Å². The lowest BCUT2D eigenvalue weighted by Crippen LogP contribution is -2.34. The van der Waals surface area contributed by atoms with Crippen molar-refractivity contribution in [3.05, 3.63) is 17.0 Å². The second-order valence-electron chi connectivity index (χ2n) is 3.65. The minimum atomic E-state index is 0.0961. The molecule has 0 atom stereocenters. The molecule has 84 valence electrons. The maximum atomic E-state index is 8.97. The van der Waals surface area contributed by atoms with Gasteiger partial charge in [-0.3, -0.25) is 0 Å². The van der Waals surface area contributed by atoms with Crippen LogP contribution in [0.4, 0.5) is 5.82 Å². The minimum absolute atomic E-state index is 0.0961. The average molecular weight is 230 g/mol. The van der Waals surface area contributed by atoms with Crippen molar-refractivity contribution in [3.8, 4) is 0 Å². The second-order valence-corrected chi connectivity index (χ2v) is 3.99. The highest BCUT2D eigenvalue weighted by Gasteiger charge is 2.12. The largest absolute Gasteiger partial charge is 0.395 e. The van der Waals surface area contributed by atoms with Crippen LogP contribution in [0.2, 0.25) is 5.28 Å². The van der Waals surface area contributed by atoms with E-state index in [9.17, 15) is 0 Å². The maximum Gasteiger partial charge on any atom is 0.224 e. The van der Waals surface area contributed by atoms with E-state index in [-0.39, 0.29) is 17.9 Å². The highest BCUT2D eigenvalue weighted by molar-refractivity contribution is 6.28. The van der Waals surface area contributed by atoms with E-state index in [0.717, 1.165) is 11.5 Å². The van der Waals surface area contributed by atoms with Gasteiger partial charge in [-0.05, 0) is 32.4 Å². The fourth-order valence-electron chi connectivity index (χ4n) is 1.41. The van der Waals surface area contributed by atoms with Crippen molar-refractivity contribution >= 4 is 17.4 Å². The number of hydrogen-bond acceptors (Lipinski definition) is 4. The van der Waals surface area contributed by atoms with Crippen LogP contribution in [0.15, 0.2) is 6.07 Å². The van der Waals surface area contributed by atoms with Gasteiger partial charge in [-0.15, -0.1) is 0 Å². The van der Waals surface area contributed by atoms with Crippen LogP contribution in [0.1, 0.15) is 19.5 Å². The molecule has 0 aliphatic heterocycles. The summed E-state index contributed by atoms with van der Waals surface area (Å²) in [6, 6.07) is 2.13. The summed E-state index contributed by atoms with van der Waals surface area (Å²) in [6.07, 6.45) is 0. The first-order valence-electron chi connectivity index (χ1n) is 4.93. The maximum absolute atomic E-state index is 8.97. The molecule has 0 saturated carbocycles. The van der Waals surface area contributed by atoms with Crippen LogP contribution in [-0.4, -0.2) is 34.3 Å². The van der Waals surface area contributed by atoms with Gasteiger partial charge in [0.25, 0.3) is 0 Å². The zero-order valence-corrected chi connectivity index (χ0v) is 9.99. The van der Waals surface area contributed by atoms with Crippen LogP contribution < -0.4 is 4.90 Å².